The van der Waals surface area contributed by atoms with Gasteiger partial charge in [0.2, 0.25) is 17.7 Å². The lowest BCUT2D eigenvalue weighted by Gasteiger charge is -2.37. The van der Waals surface area contributed by atoms with E-state index in [-0.39, 0.29) is 36.1 Å². The van der Waals surface area contributed by atoms with E-state index in [1.165, 1.54) is 16.2 Å². The molecule has 2 aliphatic heterocycles. The number of hydrogen-bond donors (Lipinski definition) is 0. The molecule has 2 saturated heterocycles. The number of benzene rings is 1. The first-order valence-electron chi connectivity index (χ1n) is 9.65. The topological polar surface area (TPSA) is 60.9 Å². The third-order valence-electron chi connectivity index (χ3n) is 5.98. The first-order valence-corrected chi connectivity index (χ1v) is 9.65. The first kappa shape index (κ1) is 17.8. The molecule has 2 atom stereocenters. The van der Waals surface area contributed by atoms with Crippen molar-refractivity contribution >= 4 is 23.4 Å². The number of para-hydroxylation sites is 1. The predicted molar refractivity (Wildman–Crippen MR) is 102 cm³/mol. The van der Waals surface area contributed by atoms with Gasteiger partial charge < -0.3 is 9.80 Å². The molecular formula is C21H25N3O3. The third kappa shape index (κ3) is 3.24. The second-order valence-electron chi connectivity index (χ2n) is 7.57. The van der Waals surface area contributed by atoms with Crippen LogP contribution in [0.4, 0.5) is 5.69 Å². The molecule has 2 heterocycles. The van der Waals surface area contributed by atoms with Crippen molar-refractivity contribution in [2.24, 2.45) is 11.8 Å². The largest absolute Gasteiger partial charge is 0.368 e. The van der Waals surface area contributed by atoms with Crippen molar-refractivity contribution < 1.29 is 14.4 Å². The number of piperazine rings is 1. The average molecular weight is 367 g/mol. The van der Waals surface area contributed by atoms with E-state index in [1.54, 1.807) is 4.90 Å². The number of aryl methyl sites for hydroxylation is 1. The number of carbonyl (C=O) groups excluding carboxylic acids is 3. The van der Waals surface area contributed by atoms with Crippen LogP contribution in [0.3, 0.4) is 0 Å². The molecule has 3 aliphatic rings. The molecule has 0 N–H and O–H groups in total. The van der Waals surface area contributed by atoms with Gasteiger partial charge in [0.25, 0.3) is 0 Å². The van der Waals surface area contributed by atoms with Crippen LogP contribution >= 0.6 is 0 Å². The predicted octanol–water partition coefficient (Wildman–Crippen LogP) is 1.59. The summed E-state index contributed by atoms with van der Waals surface area (Å²) in [5, 5.41) is 0. The summed E-state index contributed by atoms with van der Waals surface area (Å²) >= 11 is 0. The minimum atomic E-state index is -0.270. The number of nitrogens with zero attached hydrogens (tertiary/aromatic N) is 3. The molecule has 4 rings (SSSR count). The quantitative estimate of drug-likeness (QED) is 0.601. The molecule has 3 amide bonds. The van der Waals surface area contributed by atoms with E-state index >= 15 is 0 Å². The summed E-state index contributed by atoms with van der Waals surface area (Å²) in [6.07, 6.45) is 5.13. The Balaban J connectivity index is 1.36. The maximum Gasteiger partial charge on any atom is 0.242 e. The SMILES string of the molecule is Cc1ccccc1N1CCN(C(=O)CN2C(=O)C3CC=CCC3C2=O)CC1. The Bertz CT molecular complexity index is 770. The van der Waals surface area contributed by atoms with Crippen molar-refractivity contribution in [2.75, 3.05) is 37.6 Å². The number of likely N-dealkylation sites (tertiary alicyclic amines) is 1. The van der Waals surface area contributed by atoms with Crippen LogP contribution in [-0.4, -0.2) is 60.2 Å². The van der Waals surface area contributed by atoms with Crippen molar-refractivity contribution in [3.63, 3.8) is 0 Å². The van der Waals surface area contributed by atoms with Crippen LogP contribution in [0.1, 0.15) is 18.4 Å². The zero-order chi connectivity index (χ0) is 19.0. The van der Waals surface area contributed by atoms with Crippen LogP contribution < -0.4 is 4.90 Å². The smallest absolute Gasteiger partial charge is 0.242 e. The summed E-state index contributed by atoms with van der Waals surface area (Å²) in [6, 6.07) is 8.24. The van der Waals surface area contributed by atoms with Crippen LogP contribution in [0.25, 0.3) is 0 Å². The highest BCUT2D eigenvalue weighted by molar-refractivity contribution is 6.07. The highest BCUT2D eigenvalue weighted by Crippen LogP contribution is 2.35. The molecule has 0 aromatic heterocycles. The van der Waals surface area contributed by atoms with Gasteiger partial charge in [0.1, 0.15) is 6.54 Å². The summed E-state index contributed by atoms with van der Waals surface area (Å²) < 4.78 is 0. The lowest BCUT2D eigenvalue weighted by Crippen LogP contribution is -2.52. The van der Waals surface area contributed by atoms with Gasteiger partial charge in [0, 0.05) is 31.9 Å². The zero-order valence-corrected chi connectivity index (χ0v) is 15.6. The number of amides is 3. The summed E-state index contributed by atoms with van der Waals surface area (Å²) in [5.74, 6) is -1.03. The molecule has 1 aromatic rings. The Morgan fingerprint density at radius 2 is 1.56 bits per heavy atom. The fourth-order valence-electron chi connectivity index (χ4n) is 4.38. The maximum atomic E-state index is 12.7. The summed E-state index contributed by atoms with van der Waals surface area (Å²) in [5.41, 5.74) is 2.42. The van der Waals surface area contributed by atoms with E-state index in [0.717, 1.165) is 13.1 Å². The van der Waals surface area contributed by atoms with E-state index < -0.39 is 0 Å². The Morgan fingerprint density at radius 1 is 0.963 bits per heavy atom. The lowest BCUT2D eigenvalue weighted by atomic mass is 9.85. The van der Waals surface area contributed by atoms with Crippen molar-refractivity contribution in [3.8, 4) is 0 Å². The fourth-order valence-corrected chi connectivity index (χ4v) is 4.38. The molecule has 142 valence electrons. The zero-order valence-electron chi connectivity index (χ0n) is 15.6. The Kier molecular flexibility index (Phi) is 4.72. The normalized spacial score (nSPS) is 25.1. The van der Waals surface area contributed by atoms with Crippen molar-refractivity contribution in [1.82, 2.24) is 9.80 Å². The molecule has 2 unspecified atom stereocenters. The molecule has 1 aromatic carbocycles. The second kappa shape index (κ2) is 7.18. The van der Waals surface area contributed by atoms with E-state index in [2.05, 4.69) is 24.0 Å². The van der Waals surface area contributed by atoms with E-state index in [9.17, 15) is 14.4 Å². The van der Waals surface area contributed by atoms with Crippen molar-refractivity contribution in [1.29, 1.82) is 0 Å². The molecule has 6 nitrogen and oxygen atoms in total. The van der Waals surface area contributed by atoms with Gasteiger partial charge in [-0.15, -0.1) is 0 Å². The summed E-state index contributed by atoms with van der Waals surface area (Å²) in [4.78, 5) is 43.0. The molecule has 0 bridgehead atoms. The molecule has 1 aliphatic carbocycles. The minimum absolute atomic E-state index is 0.116. The van der Waals surface area contributed by atoms with E-state index in [1.807, 2.05) is 24.3 Å². The lowest BCUT2D eigenvalue weighted by molar-refractivity contribution is -0.146. The maximum absolute atomic E-state index is 12.7. The number of hydrogen-bond acceptors (Lipinski definition) is 4. The Labute approximate surface area is 159 Å². The second-order valence-corrected chi connectivity index (χ2v) is 7.57. The molecule has 2 fully saturated rings. The molecule has 0 spiro atoms. The number of imide groups is 1. The molecule has 27 heavy (non-hydrogen) atoms. The summed E-state index contributed by atoms with van der Waals surface area (Å²) in [7, 11) is 0. The summed E-state index contributed by atoms with van der Waals surface area (Å²) in [6.45, 7) is 4.71. The van der Waals surface area contributed by atoms with Crippen LogP contribution in [0.2, 0.25) is 0 Å². The van der Waals surface area contributed by atoms with Crippen molar-refractivity contribution in [3.05, 3.63) is 42.0 Å². The third-order valence-corrected chi connectivity index (χ3v) is 5.98. The number of anilines is 1. The highest BCUT2D eigenvalue weighted by atomic mass is 16.2. The Morgan fingerprint density at radius 3 is 2.15 bits per heavy atom. The van der Waals surface area contributed by atoms with E-state index in [0.29, 0.717) is 25.9 Å². The van der Waals surface area contributed by atoms with Gasteiger partial charge in [0.05, 0.1) is 11.8 Å². The molecular weight excluding hydrogens is 342 g/mol. The number of allylic oxidation sites excluding steroid dienone is 2. The van der Waals surface area contributed by atoms with Crippen LogP contribution in [-0.2, 0) is 14.4 Å². The number of rotatable bonds is 3. The number of fused-ring (bicyclic) bond motifs is 1. The van der Waals surface area contributed by atoms with Crippen LogP contribution in [0.15, 0.2) is 36.4 Å². The van der Waals surface area contributed by atoms with Gasteiger partial charge in [-0.1, -0.05) is 30.4 Å². The van der Waals surface area contributed by atoms with E-state index in [4.69, 9.17) is 0 Å². The van der Waals surface area contributed by atoms with Gasteiger partial charge in [-0.2, -0.15) is 0 Å². The van der Waals surface area contributed by atoms with Gasteiger partial charge in [-0.05, 0) is 31.4 Å². The highest BCUT2D eigenvalue weighted by Gasteiger charge is 2.47. The molecule has 0 radical (unpaired) electrons. The Hall–Kier alpha value is -2.63. The van der Waals surface area contributed by atoms with Crippen molar-refractivity contribution in [2.45, 2.75) is 19.8 Å². The van der Waals surface area contributed by atoms with Crippen LogP contribution in [0, 0.1) is 18.8 Å². The molecule has 0 saturated carbocycles. The van der Waals surface area contributed by atoms with Gasteiger partial charge in [-0.3, -0.25) is 19.3 Å². The first-order chi connectivity index (χ1) is 13.1. The average Bonchev–Trinajstić information content (AvgIpc) is 2.94. The van der Waals surface area contributed by atoms with Gasteiger partial charge >= 0.3 is 0 Å². The fraction of sp³-hybridized carbons (Fsp3) is 0.476. The monoisotopic (exact) mass is 367 g/mol. The minimum Gasteiger partial charge on any atom is -0.368 e. The number of carbonyl (C=O) groups is 3. The van der Waals surface area contributed by atoms with Gasteiger partial charge in [0.15, 0.2) is 0 Å². The van der Waals surface area contributed by atoms with Gasteiger partial charge in [-0.25, -0.2) is 0 Å². The van der Waals surface area contributed by atoms with Crippen LogP contribution in [0.5, 0.6) is 0 Å². The standard InChI is InChI=1S/C21H25N3O3/c1-15-6-2-5-9-18(15)22-10-12-23(13-11-22)19(25)14-24-20(26)16-7-3-4-8-17(16)21(24)27/h2-6,9,16-17H,7-8,10-14H2,1H3. The molecule has 6 heteroatoms.